The first-order chi connectivity index (χ1) is 69.8. The fraction of sp³-hybridized carbons (Fsp3) is 0.0935. The average molecular weight is 1840 g/mol. The van der Waals surface area contributed by atoms with E-state index in [1.54, 1.807) is 0 Å². The van der Waals surface area contributed by atoms with E-state index >= 15 is 0 Å². The molecule has 143 heavy (non-hydrogen) atoms. The van der Waals surface area contributed by atoms with Crippen molar-refractivity contribution in [3.63, 3.8) is 0 Å². The van der Waals surface area contributed by atoms with Gasteiger partial charge in [0.25, 0.3) is 0 Å². The normalized spacial score (nSPS) is 12.6. The summed E-state index contributed by atoms with van der Waals surface area (Å²) in [7, 11) is 8.64. The largest absolute Gasteiger partial charge is 0.345 e. The lowest BCUT2D eigenvalue weighted by atomic mass is 9.82. The van der Waals surface area contributed by atoms with Crippen molar-refractivity contribution in [3.8, 4) is 145 Å². The molecule has 3 aliphatic rings. The van der Waals surface area contributed by atoms with E-state index in [-0.39, 0.29) is 16.2 Å². The maximum atomic E-state index is 2.38. The summed E-state index contributed by atoms with van der Waals surface area (Å²) in [6, 6.07) is 188. The van der Waals surface area contributed by atoms with E-state index in [2.05, 4.69) is 611 Å². The van der Waals surface area contributed by atoms with Crippen LogP contribution < -0.4 is 19.6 Å². The molecular formula is C139H116N4. The number of anilines is 8. The van der Waals surface area contributed by atoms with Crippen molar-refractivity contribution >= 4 is 45.5 Å². The third-order valence-corrected chi connectivity index (χ3v) is 29.6. The summed E-state index contributed by atoms with van der Waals surface area (Å²) in [5.41, 5.74) is 50.6. The third kappa shape index (κ3) is 18.8. The summed E-state index contributed by atoms with van der Waals surface area (Å²) in [5, 5.41) is 0. The van der Waals surface area contributed by atoms with Crippen LogP contribution in [0.3, 0.4) is 0 Å². The lowest BCUT2D eigenvalue weighted by molar-refractivity contribution is 0.660. The van der Waals surface area contributed by atoms with Crippen LogP contribution in [-0.4, -0.2) is 28.2 Å². The zero-order chi connectivity index (χ0) is 97.7. The molecule has 0 atom stereocenters. The van der Waals surface area contributed by atoms with Gasteiger partial charge in [0.2, 0.25) is 0 Å². The molecule has 4 nitrogen and oxygen atoms in total. The fourth-order valence-corrected chi connectivity index (χ4v) is 21.4. The van der Waals surface area contributed by atoms with E-state index in [4.69, 9.17) is 0 Å². The molecule has 0 unspecified atom stereocenters. The van der Waals surface area contributed by atoms with Crippen molar-refractivity contribution in [2.24, 2.45) is 0 Å². The van der Waals surface area contributed by atoms with Crippen LogP contribution in [0.1, 0.15) is 74.9 Å². The summed E-state index contributed by atoms with van der Waals surface area (Å²) in [6.45, 7) is 14.0. The minimum absolute atomic E-state index is 0.00708. The SMILES string of the molecule is CN(c1ccc(-c2cc(-c3ccccc3)cc(-c3ccccc3)c2)cc1)c1ccc2c(c1)C(C)(C)c1ccccc1-2.CN(c1ccc(-c2cccc(-c3ccccc3)c2)cc1)c1ccc2c(c1)C(C)(C)c1ccccc1-2.CN(c1ccc(-c2ccccc2)cc1)c1ccc(-c2ccccc2)cc1-c1ccccc1.CN(c1ccc2c(c1)C(C)(C)c1ccccc1-2)c1ccc(-c2ccccc2)cc1-c1ccccc1. The maximum Gasteiger partial charge on any atom is 0.0488 e. The molecule has 692 valence electrons. The van der Waals surface area contributed by atoms with Gasteiger partial charge in [-0.15, -0.1) is 0 Å². The first-order valence-corrected chi connectivity index (χ1v) is 49.8. The molecular weight excluding hydrogens is 1730 g/mol. The molecule has 0 saturated carbocycles. The predicted molar refractivity (Wildman–Crippen MR) is 611 cm³/mol. The molecule has 0 amide bonds. The second kappa shape index (κ2) is 40.0. The van der Waals surface area contributed by atoms with Gasteiger partial charge in [0.05, 0.1) is 0 Å². The van der Waals surface area contributed by atoms with Crippen LogP contribution in [0, 0.1) is 0 Å². The monoisotopic (exact) mass is 1840 g/mol. The van der Waals surface area contributed by atoms with Gasteiger partial charge in [-0.25, -0.2) is 0 Å². The van der Waals surface area contributed by atoms with Crippen LogP contribution in [0.2, 0.25) is 0 Å². The van der Waals surface area contributed by atoms with Gasteiger partial charge >= 0.3 is 0 Å². The summed E-state index contributed by atoms with van der Waals surface area (Å²) in [6.07, 6.45) is 0. The van der Waals surface area contributed by atoms with Crippen molar-refractivity contribution in [2.45, 2.75) is 57.8 Å². The van der Waals surface area contributed by atoms with Crippen molar-refractivity contribution in [1.29, 1.82) is 0 Å². The minimum Gasteiger partial charge on any atom is -0.345 e. The highest BCUT2D eigenvalue weighted by Crippen LogP contribution is 2.55. The Morgan fingerprint density at radius 1 is 0.119 bits per heavy atom. The summed E-state index contributed by atoms with van der Waals surface area (Å²) in [5.74, 6) is 0. The van der Waals surface area contributed by atoms with E-state index in [0.29, 0.717) is 0 Å². The van der Waals surface area contributed by atoms with Gasteiger partial charge < -0.3 is 19.6 Å². The molecule has 4 heteroatoms. The summed E-state index contributed by atoms with van der Waals surface area (Å²) >= 11 is 0. The maximum absolute atomic E-state index is 2.38. The van der Waals surface area contributed by atoms with E-state index in [0.717, 1.165) is 5.69 Å². The van der Waals surface area contributed by atoms with Gasteiger partial charge in [-0.05, 0) is 288 Å². The molecule has 24 rings (SSSR count). The first kappa shape index (κ1) is 92.2. The van der Waals surface area contributed by atoms with Crippen molar-refractivity contribution in [1.82, 2.24) is 0 Å². The van der Waals surface area contributed by atoms with E-state index in [1.165, 1.54) is 218 Å². The molecule has 0 aliphatic heterocycles. The Morgan fingerprint density at radius 2 is 0.308 bits per heavy atom. The zero-order valence-electron chi connectivity index (χ0n) is 82.9. The van der Waals surface area contributed by atoms with Gasteiger partial charge in [-0.3, -0.25) is 0 Å². The van der Waals surface area contributed by atoms with Gasteiger partial charge in [0.15, 0.2) is 0 Å². The smallest absolute Gasteiger partial charge is 0.0488 e. The van der Waals surface area contributed by atoms with Crippen LogP contribution in [0.5, 0.6) is 0 Å². The highest BCUT2D eigenvalue weighted by molar-refractivity contribution is 5.93. The molecule has 3 aliphatic carbocycles. The van der Waals surface area contributed by atoms with Crippen LogP contribution in [-0.2, 0) is 16.2 Å². The molecule has 0 aromatic heterocycles. The average Bonchev–Trinajstić information content (AvgIpc) is 1.58. The van der Waals surface area contributed by atoms with Crippen LogP contribution in [0.25, 0.3) is 145 Å². The predicted octanol–water partition coefficient (Wildman–Crippen LogP) is 37.4. The highest BCUT2D eigenvalue weighted by atomic mass is 15.1. The summed E-state index contributed by atoms with van der Waals surface area (Å²) < 4.78 is 0. The summed E-state index contributed by atoms with van der Waals surface area (Å²) in [4.78, 5) is 9.17. The van der Waals surface area contributed by atoms with Crippen molar-refractivity contribution in [3.05, 3.63) is 555 Å². The van der Waals surface area contributed by atoms with E-state index in [1.807, 2.05) is 0 Å². The number of hydrogen-bond acceptors (Lipinski definition) is 4. The lowest BCUT2D eigenvalue weighted by Gasteiger charge is -2.27. The van der Waals surface area contributed by atoms with Crippen LogP contribution >= 0.6 is 0 Å². The number of fused-ring (bicyclic) bond motifs is 9. The van der Waals surface area contributed by atoms with Crippen LogP contribution in [0.15, 0.2) is 522 Å². The number of hydrogen-bond donors (Lipinski definition) is 0. The Morgan fingerprint density at radius 3 is 0.615 bits per heavy atom. The Bertz CT molecular complexity index is 8020. The molecule has 0 radical (unpaired) electrons. The Balaban J connectivity index is 0.000000113. The standard InChI is InChI=1S/C40H33N.2C34H29N.C31H25N/c1-40(2)38-17-11-10-16-36(38)37-23-22-35(27-39(37)40)41(3)34-20-18-30(19-21-34)33-25-31(28-12-6-4-7-13-28)24-32(26-33)29-14-8-5-9-15-29;1-34(2)31-17-11-10-16-28(31)29-20-19-27(23-32(29)34)35(3)33-21-18-26(24-12-6-4-7-13-24)22-30(33)25-14-8-5-9-15-25;1-34(2)32-15-8-7-14-30(32)31-21-20-29(23-33(31)34)35(3)28-18-16-25(17-19-28)27-13-9-12-26(22-27)24-10-5-4-6-11-24;1-32(29-20-17-26(18-21-29)24-11-5-2-6-12-24)31-22-19-28(25-13-7-3-8-14-25)23-30(31)27-15-9-4-10-16-27/h4-27H,1-3H3;2*4-23H,1-3H3;2-23H,1H3. The molecule has 0 bridgehead atoms. The van der Waals surface area contributed by atoms with Gasteiger partial charge in [-0.2, -0.15) is 0 Å². The highest BCUT2D eigenvalue weighted by Gasteiger charge is 2.39. The molecule has 21 aromatic carbocycles. The quantitative estimate of drug-likeness (QED) is 0.0849. The molecule has 0 fully saturated rings. The fourth-order valence-electron chi connectivity index (χ4n) is 21.4. The van der Waals surface area contributed by atoms with E-state index < -0.39 is 0 Å². The Labute approximate surface area is 844 Å². The molecule has 0 heterocycles. The molecule has 21 aromatic rings. The molecule has 0 spiro atoms. The van der Waals surface area contributed by atoms with Gasteiger partial charge in [-0.1, -0.05) is 442 Å². The second-order valence-electron chi connectivity index (χ2n) is 39.4. The van der Waals surface area contributed by atoms with E-state index in [9.17, 15) is 0 Å². The zero-order valence-corrected chi connectivity index (χ0v) is 82.9. The third-order valence-electron chi connectivity index (χ3n) is 29.6. The first-order valence-electron chi connectivity index (χ1n) is 49.8. The van der Waals surface area contributed by atoms with Crippen LogP contribution in [0.4, 0.5) is 45.5 Å². The molecule has 0 N–H and O–H groups in total. The lowest BCUT2D eigenvalue weighted by Crippen LogP contribution is -2.16. The number of benzene rings is 21. The topological polar surface area (TPSA) is 13.0 Å². The minimum atomic E-state index is -0.0117. The van der Waals surface area contributed by atoms with Gasteiger partial charge in [0.1, 0.15) is 0 Å². The molecule has 0 saturated heterocycles. The Kier molecular flexibility index (Phi) is 25.8. The second-order valence-corrected chi connectivity index (χ2v) is 39.4. The number of rotatable bonds is 18. The number of nitrogens with zero attached hydrogens (tertiary/aromatic N) is 4. The van der Waals surface area contributed by atoms with Crippen molar-refractivity contribution < 1.29 is 0 Å². The van der Waals surface area contributed by atoms with Crippen molar-refractivity contribution in [2.75, 3.05) is 47.8 Å². The Hall–Kier alpha value is -17.2. The van der Waals surface area contributed by atoms with Gasteiger partial charge in [0, 0.05) is 101 Å².